The van der Waals surface area contributed by atoms with Crippen LogP contribution in [0.15, 0.2) is 21.8 Å². The third kappa shape index (κ3) is 3.51. The number of thiazole rings is 1. The third-order valence-corrected chi connectivity index (χ3v) is 5.86. The summed E-state index contributed by atoms with van der Waals surface area (Å²) in [7, 11) is 0. The van der Waals surface area contributed by atoms with Crippen LogP contribution in [0.3, 0.4) is 0 Å². The standard InChI is InChI=1S/C18H22N4O2S/c23-17-9-12-3-1-2-4-15(12)21-22(17)14-7-5-13(6-8-14)20-18(24)16-10-25-11-19-16/h9-11,13-14H,1-8H2,(H,20,24). The zero-order valence-corrected chi connectivity index (χ0v) is 14.9. The minimum atomic E-state index is -0.103. The Balaban J connectivity index is 1.40. The molecule has 0 unspecified atom stereocenters. The van der Waals surface area contributed by atoms with Gasteiger partial charge >= 0.3 is 0 Å². The summed E-state index contributed by atoms with van der Waals surface area (Å²) in [4.78, 5) is 28.6. The van der Waals surface area contributed by atoms with Crippen LogP contribution in [0.5, 0.6) is 0 Å². The molecule has 2 aromatic rings. The van der Waals surface area contributed by atoms with Crippen LogP contribution < -0.4 is 10.9 Å². The summed E-state index contributed by atoms with van der Waals surface area (Å²) in [5, 5.41) is 9.49. The SMILES string of the molecule is O=C(NC1CCC(n2nc3c(cc2=O)CCCC3)CC1)c1cscn1. The number of hydrogen-bond acceptors (Lipinski definition) is 5. The van der Waals surface area contributed by atoms with E-state index in [-0.39, 0.29) is 23.6 Å². The summed E-state index contributed by atoms with van der Waals surface area (Å²) in [5.74, 6) is -0.103. The van der Waals surface area contributed by atoms with E-state index in [1.165, 1.54) is 11.3 Å². The number of carbonyl (C=O) groups excluding carboxylic acids is 1. The summed E-state index contributed by atoms with van der Waals surface area (Å²) in [6.07, 6.45) is 7.75. The Kier molecular flexibility index (Phi) is 4.65. The van der Waals surface area contributed by atoms with E-state index in [1.807, 2.05) is 0 Å². The monoisotopic (exact) mass is 358 g/mol. The Bertz CT molecular complexity index is 807. The fourth-order valence-corrected chi connectivity index (χ4v) is 4.42. The van der Waals surface area contributed by atoms with Gasteiger partial charge in [-0.2, -0.15) is 5.10 Å². The van der Waals surface area contributed by atoms with Crippen molar-refractivity contribution >= 4 is 17.2 Å². The van der Waals surface area contributed by atoms with E-state index in [0.717, 1.165) is 62.6 Å². The van der Waals surface area contributed by atoms with Crippen LogP contribution in [0.4, 0.5) is 0 Å². The van der Waals surface area contributed by atoms with E-state index >= 15 is 0 Å². The fourth-order valence-electron chi connectivity index (χ4n) is 3.89. The Morgan fingerprint density at radius 1 is 1.20 bits per heavy atom. The Labute approximate surface area is 150 Å². The molecule has 0 saturated heterocycles. The number of rotatable bonds is 3. The van der Waals surface area contributed by atoms with E-state index < -0.39 is 0 Å². The van der Waals surface area contributed by atoms with Gasteiger partial charge in [-0.05, 0) is 56.9 Å². The van der Waals surface area contributed by atoms with Gasteiger partial charge in [0, 0.05) is 17.5 Å². The van der Waals surface area contributed by atoms with Gasteiger partial charge in [-0.1, -0.05) is 0 Å². The van der Waals surface area contributed by atoms with Crippen LogP contribution in [-0.2, 0) is 12.8 Å². The lowest BCUT2D eigenvalue weighted by Crippen LogP contribution is -2.40. The van der Waals surface area contributed by atoms with Crippen LogP contribution in [0.25, 0.3) is 0 Å². The molecule has 6 nitrogen and oxygen atoms in total. The molecule has 0 aliphatic heterocycles. The molecular formula is C18H22N4O2S. The lowest BCUT2D eigenvalue weighted by atomic mass is 9.91. The van der Waals surface area contributed by atoms with Crippen LogP contribution in [0.2, 0.25) is 0 Å². The number of fused-ring (bicyclic) bond motifs is 1. The van der Waals surface area contributed by atoms with Crippen molar-refractivity contribution in [2.24, 2.45) is 0 Å². The van der Waals surface area contributed by atoms with Crippen molar-refractivity contribution in [3.63, 3.8) is 0 Å². The molecule has 1 N–H and O–H groups in total. The van der Waals surface area contributed by atoms with Crippen LogP contribution >= 0.6 is 11.3 Å². The Morgan fingerprint density at radius 2 is 2.00 bits per heavy atom. The molecule has 2 aromatic heterocycles. The minimum absolute atomic E-state index is 0.0237. The number of hydrogen-bond donors (Lipinski definition) is 1. The van der Waals surface area contributed by atoms with Crippen molar-refractivity contribution in [3.8, 4) is 0 Å². The molecule has 2 heterocycles. The molecule has 132 valence electrons. The quantitative estimate of drug-likeness (QED) is 0.914. The predicted octanol–water partition coefficient (Wildman–Crippen LogP) is 2.49. The van der Waals surface area contributed by atoms with E-state index in [4.69, 9.17) is 0 Å². The average molecular weight is 358 g/mol. The van der Waals surface area contributed by atoms with E-state index in [2.05, 4.69) is 15.4 Å². The first kappa shape index (κ1) is 16.4. The molecule has 4 rings (SSSR count). The van der Waals surface area contributed by atoms with Gasteiger partial charge in [-0.25, -0.2) is 9.67 Å². The van der Waals surface area contributed by atoms with Crippen molar-refractivity contribution in [2.75, 3.05) is 0 Å². The smallest absolute Gasteiger partial charge is 0.270 e. The highest BCUT2D eigenvalue weighted by Gasteiger charge is 2.26. The zero-order valence-electron chi connectivity index (χ0n) is 14.1. The summed E-state index contributed by atoms with van der Waals surface area (Å²) >= 11 is 1.42. The van der Waals surface area contributed by atoms with Gasteiger partial charge in [0.1, 0.15) is 5.69 Å². The lowest BCUT2D eigenvalue weighted by molar-refractivity contribution is 0.0917. The maximum atomic E-state index is 12.4. The van der Waals surface area contributed by atoms with Crippen LogP contribution in [0.1, 0.15) is 66.3 Å². The van der Waals surface area contributed by atoms with Crippen LogP contribution in [-0.4, -0.2) is 26.7 Å². The number of carbonyl (C=O) groups is 1. The highest BCUT2D eigenvalue weighted by atomic mass is 32.1. The summed E-state index contributed by atoms with van der Waals surface area (Å²) in [6, 6.07) is 2.09. The summed E-state index contributed by atoms with van der Waals surface area (Å²) in [5.41, 5.74) is 4.41. The molecule has 0 spiro atoms. The molecule has 1 amide bonds. The highest BCUT2D eigenvalue weighted by molar-refractivity contribution is 7.07. The molecule has 0 bridgehead atoms. The fraction of sp³-hybridized carbons (Fsp3) is 0.556. The van der Waals surface area contributed by atoms with Crippen molar-refractivity contribution in [1.82, 2.24) is 20.1 Å². The number of amides is 1. The van der Waals surface area contributed by atoms with E-state index in [0.29, 0.717) is 5.69 Å². The van der Waals surface area contributed by atoms with Crippen molar-refractivity contribution in [1.29, 1.82) is 0 Å². The van der Waals surface area contributed by atoms with Crippen LogP contribution in [0, 0.1) is 0 Å². The Morgan fingerprint density at radius 3 is 2.76 bits per heavy atom. The van der Waals surface area contributed by atoms with Gasteiger partial charge in [0.05, 0.1) is 17.2 Å². The van der Waals surface area contributed by atoms with E-state index in [9.17, 15) is 9.59 Å². The van der Waals surface area contributed by atoms with Gasteiger partial charge in [-0.3, -0.25) is 9.59 Å². The van der Waals surface area contributed by atoms with Gasteiger partial charge in [0.2, 0.25) is 0 Å². The normalized spacial score (nSPS) is 23.0. The van der Waals surface area contributed by atoms with E-state index in [1.54, 1.807) is 21.6 Å². The van der Waals surface area contributed by atoms with Gasteiger partial charge in [0.15, 0.2) is 0 Å². The van der Waals surface area contributed by atoms with Gasteiger partial charge < -0.3 is 5.32 Å². The molecule has 2 aliphatic carbocycles. The molecule has 7 heteroatoms. The number of nitrogens with zero attached hydrogens (tertiary/aromatic N) is 3. The number of aromatic nitrogens is 3. The topological polar surface area (TPSA) is 76.9 Å². The molecule has 25 heavy (non-hydrogen) atoms. The first-order valence-corrected chi connectivity index (χ1v) is 9.95. The second-order valence-electron chi connectivity index (χ2n) is 6.96. The average Bonchev–Trinajstić information content (AvgIpc) is 3.17. The van der Waals surface area contributed by atoms with Crippen molar-refractivity contribution in [2.45, 2.75) is 63.5 Å². The van der Waals surface area contributed by atoms with Crippen molar-refractivity contribution < 1.29 is 4.79 Å². The summed E-state index contributed by atoms with van der Waals surface area (Å²) in [6.45, 7) is 0. The Hall–Kier alpha value is -2.02. The second-order valence-corrected chi connectivity index (χ2v) is 7.68. The molecule has 0 atom stereocenters. The number of nitrogens with one attached hydrogen (secondary N) is 1. The molecule has 0 radical (unpaired) electrons. The largest absolute Gasteiger partial charge is 0.348 e. The molecular weight excluding hydrogens is 336 g/mol. The first-order valence-electron chi connectivity index (χ1n) is 9.01. The second kappa shape index (κ2) is 7.07. The predicted molar refractivity (Wildman–Crippen MR) is 96.0 cm³/mol. The van der Waals surface area contributed by atoms with Crippen molar-refractivity contribution in [3.05, 3.63) is 44.3 Å². The third-order valence-electron chi connectivity index (χ3n) is 5.28. The number of aryl methyl sites for hydroxylation is 2. The molecule has 1 saturated carbocycles. The minimum Gasteiger partial charge on any atom is -0.348 e. The maximum Gasteiger partial charge on any atom is 0.270 e. The highest BCUT2D eigenvalue weighted by Crippen LogP contribution is 2.28. The first-order chi connectivity index (χ1) is 12.2. The molecule has 0 aromatic carbocycles. The lowest BCUT2D eigenvalue weighted by Gasteiger charge is -2.30. The zero-order chi connectivity index (χ0) is 17.2. The molecule has 2 aliphatic rings. The van der Waals surface area contributed by atoms with Gasteiger partial charge in [-0.15, -0.1) is 11.3 Å². The summed E-state index contributed by atoms with van der Waals surface area (Å²) < 4.78 is 1.70. The molecule has 1 fully saturated rings. The maximum absolute atomic E-state index is 12.4. The van der Waals surface area contributed by atoms with Gasteiger partial charge in [0.25, 0.3) is 11.5 Å².